The maximum atomic E-state index is 10.7. The quantitative estimate of drug-likeness (QED) is 0.937. The third-order valence-corrected chi connectivity index (χ3v) is 3.45. The smallest absolute Gasteiger partial charge is 0.303 e. The van der Waals surface area contributed by atoms with Crippen LogP contribution >= 0.6 is 11.6 Å². The first kappa shape index (κ1) is 14.5. The Hall–Kier alpha value is -1.94. The topological polar surface area (TPSA) is 63.1 Å². The van der Waals surface area contributed by atoms with Crippen molar-refractivity contribution in [3.63, 3.8) is 0 Å². The van der Waals surface area contributed by atoms with Gasteiger partial charge in [-0.25, -0.2) is 9.97 Å². The summed E-state index contributed by atoms with van der Waals surface area (Å²) in [5.74, 6) is -0.247. The van der Waals surface area contributed by atoms with Crippen LogP contribution in [0.25, 0.3) is 11.4 Å². The molecular formula is C15H15ClN2O2. The second kappa shape index (κ2) is 6.01. The monoisotopic (exact) mass is 290 g/mol. The summed E-state index contributed by atoms with van der Waals surface area (Å²) in [5, 5.41) is 9.37. The van der Waals surface area contributed by atoms with E-state index in [2.05, 4.69) is 9.97 Å². The van der Waals surface area contributed by atoms with Gasteiger partial charge in [-0.2, -0.15) is 0 Å². The van der Waals surface area contributed by atoms with E-state index < -0.39 is 5.97 Å². The van der Waals surface area contributed by atoms with Gasteiger partial charge >= 0.3 is 5.97 Å². The zero-order valence-corrected chi connectivity index (χ0v) is 12.1. The van der Waals surface area contributed by atoms with E-state index in [4.69, 9.17) is 16.7 Å². The zero-order chi connectivity index (χ0) is 14.7. The zero-order valence-electron chi connectivity index (χ0n) is 11.4. The number of hydrogen-bond acceptors (Lipinski definition) is 3. The standard InChI is InChI=1S/C15H15ClN2O2/c1-9-11(7-8-14(19)20)10(2)18-15(17-9)12-5-3-4-6-13(12)16/h3-6H,7-8H2,1-2H3,(H,19,20). The number of carbonyl (C=O) groups is 1. The lowest BCUT2D eigenvalue weighted by Gasteiger charge is -2.10. The maximum Gasteiger partial charge on any atom is 0.303 e. The molecule has 0 bridgehead atoms. The van der Waals surface area contributed by atoms with Crippen LogP contribution in [0.2, 0.25) is 5.02 Å². The van der Waals surface area contributed by atoms with Gasteiger partial charge in [-0.3, -0.25) is 4.79 Å². The van der Waals surface area contributed by atoms with E-state index in [1.165, 1.54) is 0 Å². The lowest BCUT2D eigenvalue weighted by Crippen LogP contribution is -2.06. The van der Waals surface area contributed by atoms with Crippen LogP contribution in [0.1, 0.15) is 23.4 Å². The Labute approximate surface area is 122 Å². The van der Waals surface area contributed by atoms with Crippen LogP contribution in [-0.4, -0.2) is 21.0 Å². The highest BCUT2D eigenvalue weighted by Crippen LogP contribution is 2.26. The van der Waals surface area contributed by atoms with Crippen molar-refractivity contribution < 1.29 is 9.90 Å². The highest BCUT2D eigenvalue weighted by Gasteiger charge is 2.12. The number of aliphatic carboxylic acids is 1. The number of aromatic nitrogens is 2. The second-order valence-corrected chi connectivity index (χ2v) is 4.98. The molecule has 0 aliphatic carbocycles. The number of aryl methyl sites for hydroxylation is 2. The van der Waals surface area contributed by atoms with Crippen molar-refractivity contribution in [2.75, 3.05) is 0 Å². The van der Waals surface area contributed by atoms with E-state index in [0.29, 0.717) is 17.3 Å². The molecule has 2 aromatic rings. The molecule has 1 heterocycles. The average molecular weight is 291 g/mol. The Morgan fingerprint density at radius 2 is 1.80 bits per heavy atom. The molecule has 0 atom stereocenters. The largest absolute Gasteiger partial charge is 0.481 e. The fourth-order valence-electron chi connectivity index (χ4n) is 2.10. The molecule has 0 spiro atoms. The molecule has 5 heteroatoms. The van der Waals surface area contributed by atoms with Gasteiger partial charge in [-0.15, -0.1) is 0 Å². The van der Waals surface area contributed by atoms with Crippen molar-refractivity contribution in [2.45, 2.75) is 26.7 Å². The number of carboxylic acids is 1. The summed E-state index contributed by atoms with van der Waals surface area (Å²) in [6.07, 6.45) is 0.520. The van der Waals surface area contributed by atoms with Gasteiger partial charge in [-0.05, 0) is 38.0 Å². The third-order valence-electron chi connectivity index (χ3n) is 3.12. The molecular weight excluding hydrogens is 276 g/mol. The maximum absolute atomic E-state index is 10.7. The normalized spacial score (nSPS) is 10.6. The summed E-state index contributed by atoms with van der Waals surface area (Å²) < 4.78 is 0. The summed E-state index contributed by atoms with van der Waals surface area (Å²) in [6.45, 7) is 3.73. The Balaban J connectivity index is 2.40. The van der Waals surface area contributed by atoms with Gasteiger partial charge in [0.05, 0.1) is 5.02 Å². The van der Waals surface area contributed by atoms with Gasteiger partial charge in [0.15, 0.2) is 5.82 Å². The van der Waals surface area contributed by atoms with Crippen molar-refractivity contribution in [1.82, 2.24) is 9.97 Å². The number of carboxylic acid groups (broad SMARTS) is 1. The molecule has 1 aromatic heterocycles. The SMILES string of the molecule is Cc1nc(-c2ccccc2Cl)nc(C)c1CCC(=O)O. The Morgan fingerprint density at radius 1 is 1.20 bits per heavy atom. The molecule has 0 aliphatic heterocycles. The van der Waals surface area contributed by atoms with Gasteiger partial charge in [0.25, 0.3) is 0 Å². The van der Waals surface area contributed by atoms with Crippen LogP contribution in [0.3, 0.4) is 0 Å². The van der Waals surface area contributed by atoms with Crippen molar-refractivity contribution in [3.05, 3.63) is 46.2 Å². The van der Waals surface area contributed by atoms with Gasteiger partial charge < -0.3 is 5.11 Å². The van der Waals surface area contributed by atoms with E-state index in [0.717, 1.165) is 22.5 Å². The van der Waals surface area contributed by atoms with Crippen molar-refractivity contribution in [1.29, 1.82) is 0 Å². The summed E-state index contributed by atoms with van der Waals surface area (Å²) in [4.78, 5) is 19.6. The molecule has 104 valence electrons. The second-order valence-electron chi connectivity index (χ2n) is 4.57. The molecule has 20 heavy (non-hydrogen) atoms. The Kier molecular flexibility index (Phi) is 4.35. The molecule has 1 N–H and O–H groups in total. The van der Waals surface area contributed by atoms with Crippen LogP contribution in [-0.2, 0) is 11.2 Å². The van der Waals surface area contributed by atoms with E-state index in [1.807, 2.05) is 32.0 Å². The molecule has 0 unspecified atom stereocenters. The van der Waals surface area contributed by atoms with Crippen LogP contribution in [0, 0.1) is 13.8 Å². The predicted octanol–water partition coefficient (Wildman–Crippen LogP) is 3.43. The molecule has 1 aromatic carbocycles. The van der Waals surface area contributed by atoms with Crippen LogP contribution < -0.4 is 0 Å². The minimum atomic E-state index is -0.820. The predicted molar refractivity (Wildman–Crippen MR) is 77.9 cm³/mol. The number of benzene rings is 1. The van der Waals surface area contributed by atoms with Gasteiger partial charge in [-0.1, -0.05) is 23.7 Å². The number of hydrogen-bond donors (Lipinski definition) is 1. The Morgan fingerprint density at radius 3 is 2.35 bits per heavy atom. The van der Waals surface area contributed by atoms with Crippen molar-refractivity contribution in [2.24, 2.45) is 0 Å². The molecule has 0 saturated carbocycles. The summed E-state index contributed by atoms with van der Waals surface area (Å²) in [7, 11) is 0. The first-order valence-corrected chi connectivity index (χ1v) is 6.67. The van der Waals surface area contributed by atoms with Crippen molar-refractivity contribution in [3.8, 4) is 11.4 Å². The molecule has 0 saturated heterocycles. The number of rotatable bonds is 4. The van der Waals surface area contributed by atoms with Crippen LogP contribution in [0.5, 0.6) is 0 Å². The van der Waals surface area contributed by atoms with Crippen molar-refractivity contribution >= 4 is 17.6 Å². The van der Waals surface area contributed by atoms with E-state index >= 15 is 0 Å². The highest BCUT2D eigenvalue weighted by atomic mass is 35.5. The van der Waals surface area contributed by atoms with Crippen LogP contribution in [0.4, 0.5) is 0 Å². The average Bonchev–Trinajstić information content (AvgIpc) is 2.37. The molecule has 2 rings (SSSR count). The Bertz CT molecular complexity index is 633. The number of nitrogens with zero attached hydrogens (tertiary/aromatic N) is 2. The molecule has 0 radical (unpaired) electrons. The lowest BCUT2D eigenvalue weighted by atomic mass is 10.1. The minimum absolute atomic E-state index is 0.0798. The van der Waals surface area contributed by atoms with E-state index in [1.54, 1.807) is 6.07 Å². The lowest BCUT2D eigenvalue weighted by molar-refractivity contribution is -0.136. The van der Waals surface area contributed by atoms with E-state index in [9.17, 15) is 4.79 Å². The molecule has 0 aliphatic rings. The molecule has 0 amide bonds. The fourth-order valence-corrected chi connectivity index (χ4v) is 2.32. The summed E-state index contributed by atoms with van der Waals surface area (Å²) >= 11 is 6.15. The first-order chi connectivity index (χ1) is 9.49. The third kappa shape index (κ3) is 3.14. The van der Waals surface area contributed by atoms with Crippen LogP contribution in [0.15, 0.2) is 24.3 Å². The highest BCUT2D eigenvalue weighted by molar-refractivity contribution is 6.33. The number of halogens is 1. The fraction of sp³-hybridized carbons (Fsp3) is 0.267. The molecule has 0 fully saturated rings. The van der Waals surface area contributed by atoms with Gasteiger partial charge in [0.1, 0.15) is 0 Å². The molecule has 4 nitrogen and oxygen atoms in total. The van der Waals surface area contributed by atoms with Gasteiger partial charge in [0.2, 0.25) is 0 Å². The summed E-state index contributed by atoms with van der Waals surface area (Å²) in [5.41, 5.74) is 3.27. The van der Waals surface area contributed by atoms with E-state index in [-0.39, 0.29) is 6.42 Å². The minimum Gasteiger partial charge on any atom is -0.481 e. The van der Waals surface area contributed by atoms with Gasteiger partial charge in [0, 0.05) is 23.4 Å². The summed E-state index contributed by atoms with van der Waals surface area (Å²) in [6, 6.07) is 7.40. The first-order valence-electron chi connectivity index (χ1n) is 6.30.